The van der Waals surface area contributed by atoms with Gasteiger partial charge in [0.05, 0.1) is 11.9 Å². The maximum atomic E-state index is 4.14. The molecular formula is C9H11BrN2. The molecule has 2 nitrogen and oxygen atoms in total. The summed E-state index contributed by atoms with van der Waals surface area (Å²) in [7, 11) is 0. The Bertz CT molecular complexity index is 269. The Labute approximate surface area is 80.5 Å². The predicted molar refractivity (Wildman–Crippen MR) is 50.9 cm³/mol. The smallest absolute Gasteiger partial charge is 0.0673 e. The van der Waals surface area contributed by atoms with Crippen molar-refractivity contribution >= 4 is 15.9 Å². The number of hydrogen-bond acceptors (Lipinski definition) is 2. The van der Waals surface area contributed by atoms with Crippen molar-refractivity contribution in [3.63, 3.8) is 0 Å². The van der Waals surface area contributed by atoms with Crippen LogP contribution in [0.25, 0.3) is 0 Å². The lowest BCUT2D eigenvalue weighted by Gasteiger charge is -2.06. The van der Waals surface area contributed by atoms with Gasteiger partial charge < -0.3 is 0 Å². The van der Waals surface area contributed by atoms with E-state index in [4.69, 9.17) is 0 Å². The number of nitrogens with zero attached hydrogens (tertiary/aromatic N) is 2. The van der Waals surface area contributed by atoms with Crippen molar-refractivity contribution < 1.29 is 0 Å². The quantitative estimate of drug-likeness (QED) is 0.737. The third kappa shape index (κ3) is 1.66. The highest BCUT2D eigenvalue weighted by Crippen LogP contribution is 2.33. The molecule has 3 heteroatoms. The van der Waals surface area contributed by atoms with Crippen molar-refractivity contribution in [3.8, 4) is 0 Å². The summed E-state index contributed by atoms with van der Waals surface area (Å²) in [5, 5.41) is 8.07. The summed E-state index contributed by atoms with van der Waals surface area (Å²) in [5.41, 5.74) is 1.15. The van der Waals surface area contributed by atoms with Gasteiger partial charge in [0.15, 0.2) is 0 Å². The molecule has 1 heterocycles. The molecule has 0 amide bonds. The minimum absolute atomic E-state index is 0.662. The first-order valence-corrected chi connectivity index (χ1v) is 5.13. The molecule has 1 aliphatic rings. The van der Waals surface area contributed by atoms with E-state index in [9.17, 15) is 0 Å². The van der Waals surface area contributed by atoms with E-state index in [1.807, 2.05) is 0 Å². The average Bonchev–Trinajstić information content (AvgIpc) is 2.56. The molecule has 0 aromatic carbocycles. The Kier molecular flexibility index (Phi) is 2.40. The highest BCUT2D eigenvalue weighted by molar-refractivity contribution is 9.10. The molecule has 0 radical (unpaired) electrons. The van der Waals surface area contributed by atoms with E-state index in [2.05, 4.69) is 32.2 Å². The second-order valence-corrected chi connectivity index (χ2v) is 4.20. The fourth-order valence-corrected chi connectivity index (χ4v) is 2.11. The summed E-state index contributed by atoms with van der Waals surface area (Å²) >= 11 is 3.41. The Morgan fingerprint density at radius 1 is 1.33 bits per heavy atom. The van der Waals surface area contributed by atoms with Crippen molar-refractivity contribution in [1.29, 1.82) is 0 Å². The largest absolute Gasteiger partial charge is 0.158 e. The second kappa shape index (κ2) is 3.52. The van der Waals surface area contributed by atoms with Gasteiger partial charge in [0, 0.05) is 10.4 Å². The molecule has 1 fully saturated rings. The van der Waals surface area contributed by atoms with Gasteiger partial charge in [-0.3, -0.25) is 0 Å². The predicted octanol–water partition coefficient (Wildman–Crippen LogP) is 2.90. The van der Waals surface area contributed by atoms with Crippen LogP contribution in [0.4, 0.5) is 0 Å². The van der Waals surface area contributed by atoms with Crippen LogP contribution in [0.3, 0.4) is 0 Å². The SMILES string of the molecule is Brc1cnnc(C2CCCC2)c1. The zero-order valence-corrected chi connectivity index (χ0v) is 8.42. The second-order valence-electron chi connectivity index (χ2n) is 3.28. The normalized spacial score (nSPS) is 18.4. The number of hydrogen-bond donors (Lipinski definition) is 0. The maximum absolute atomic E-state index is 4.14. The molecule has 1 aromatic heterocycles. The molecule has 1 aliphatic carbocycles. The lowest BCUT2D eigenvalue weighted by molar-refractivity contribution is 0.679. The molecule has 0 spiro atoms. The van der Waals surface area contributed by atoms with Crippen LogP contribution in [0.2, 0.25) is 0 Å². The summed E-state index contributed by atoms with van der Waals surface area (Å²) in [6.07, 6.45) is 6.99. The summed E-state index contributed by atoms with van der Waals surface area (Å²) in [4.78, 5) is 0. The van der Waals surface area contributed by atoms with Gasteiger partial charge in [-0.15, -0.1) is 0 Å². The van der Waals surface area contributed by atoms with Gasteiger partial charge in [0.1, 0.15) is 0 Å². The molecule has 1 aromatic rings. The molecule has 64 valence electrons. The van der Waals surface area contributed by atoms with Crippen LogP contribution in [-0.4, -0.2) is 10.2 Å². The molecule has 0 bridgehead atoms. The van der Waals surface area contributed by atoms with Gasteiger partial charge in [-0.1, -0.05) is 12.8 Å². The van der Waals surface area contributed by atoms with Crippen molar-refractivity contribution in [2.45, 2.75) is 31.6 Å². The molecular weight excluding hydrogens is 216 g/mol. The van der Waals surface area contributed by atoms with Crippen LogP contribution < -0.4 is 0 Å². The number of halogens is 1. The summed E-state index contributed by atoms with van der Waals surface area (Å²) in [6.45, 7) is 0. The van der Waals surface area contributed by atoms with Crippen LogP contribution in [0, 0.1) is 0 Å². The van der Waals surface area contributed by atoms with Crippen LogP contribution in [0.1, 0.15) is 37.3 Å². The molecule has 0 aliphatic heterocycles. The fourth-order valence-electron chi connectivity index (χ4n) is 1.78. The molecule has 0 N–H and O–H groups in total. The molecule has 0 saturated heterocycles. The molecule has 12 heavy (non-hydrogen) atoms. The van der Waals surface area contributed by atoms with Gasteiger partial charge in [0.25, 0.3) is 0 Å². The average molecular weight is 227 g/mol. The summed E-state index contributed by atoms with van der Waals surface area (Å²) in [6, 6.07) is 2.09. The van der Waals surface area contributed by atoms with Crippen molar-refractivity contribution in [2.75, 3.05) is 0 Å². The molecule has 2 rings (SSSR count). The van der Waals surface area contributed by atoms with E-state index in [0.29, 0.717) is 5.92 Å². The minimum atomic E-state index is 0.662. The lowest BCUT2D eigenvalue weighted by atomic mass is 10.0. The standard InChI is InChI=1S/C9H11BrN2/c10-8-5-9(12-11-6-8)7-3-1-2-4-7/h5-7H,1-4H2. The summed E-state index contributed by atoms with van der Waals surface area (Å²) < 4.78 is 1.04. The van der Waals surface area contributed by atoms with E-state index < -0.39 is 0 Å². The highest BCUT2D eigenvalue weighted by Gasteiger charge is 2.18. The Balaban J connectivity index is 2.21. The first kappa shape index (κ1) is 8.17. The van der Waals surface area contributed by atoms with Crippen LogP contribution >= 0.6 is 15.9 Å². The first-order chi connectivity index (χ1) is 5.86. The number of rotatable bonds is 1. The van der Waals surface area contributed by atoms with Crippen LogP contribution in [-0.2, 0) is 0 Å². The zero-order chi connectivity index (χ0) is 8.39. The van der Waals surface area contributed by atoms with E-state index in [1.165, 1.54) is 25.7 Å². The van der Waals surface area contributed by atoms with Crippen LogP contribution in [0.5, 0.6) is 0 Å². The molecule has 1 saturated carbocycles. The highest BCUT2D eigenvalue weighted by atomic mass is 79.9. The van der Waals surface area contributed by atoms with Crippen LogP contribution in [0.15, 0.2) is 16.7 Å². The third-order valence-electron chi connectivity index (χ3n) is 2.41. The van der Waals surface area contributed by atoms with Crippen molar-refractivity contribution in [3.05, 3.63) is 22.4 Å². The van der Waals surface area contributed by atoms with Crippen molar-refractivity contribution in [1.82, 2.24) is 10.2 Å². The van der Waals surface area contributed by atoms with Gasteiger partial charge in [-0.05, 0) is 34.8 Å². The molecule has 0 atom stereocenters. The Hall–Kier alpha value is -0.440. The Morgan fingerprint density at radius 3 is 2.75 bits per heavy atom. The first-order valence-electron chi connectivity index (χ1n) is 4.34. The van der Waals surface area contributed by atoms with E-state index in [0.717, 1.165) is 10.2 Å². The Morgan fingerprint density at radius 2 is 2.08 bits per heavy atom. The van der Waals surface area contributed by atoms with Gasteiger partial charge in [0.2, 0.25) is 0 Å². The van der Waals surface area contributed by atoms with Gasteiger partial charge in [-0.2, -0.15) is 10.2 Å². The molecule has 0 unspecified atom stereocenters. The number of aromatic nitrogens is 2. The topological polar surface area (TPSA) is 25.8 Å². The third-order valence-corrected chi connectivity index (χ3v) is 2.85. The maximum Gasteiger partial charge on any atom is 0.0673 e. The van der Waals surface area contributed by atoms with E-state index >= 15 is 0 Å². The lowest BCUT2D eigenvalue weighted by Crippen LogP contribution is -1.97. The zero-order valence-electron chi connectivity index (χ0n) is 6.83. The fraction of sp³-hybridized carbons (Fsp3) is 0.556. The van der Waals surface area contributed by atoms with Gasteiger partial charge in [-0.25, -0.2) is 0 Å². The minimum Gasteiger partial charge on any atom is -0.158 e. The van der Waals surface area contributed by atoms with E-state index in [-0.39, 0.29) is 0 Å². The van der Waals surface area contributed by atoms with E-state index in [1.54, 1.807) is 6.20 Å². The summed E-state index contributed by atoms with van der Waals surface area (Å²) in [5.74, 6) is 0.662. The van der Waals surface area contributed by atoms with Crippen molar-refractivity contribution in [2.24, 2.45) is 0 Å². The van der Waals surface area contributed by atoms with Gasteiger partial charge >= 0.3 is 0 Å². The monoisotopic (exact) mass is 226 g/mol.